The van der Waals surface area contributed by atoms with Crippen LogP contribution in [0, 0.1) is 17.8 Å². The molecule has 4 heteroatoms. The summed E-state index contributed by atoms with van der Waals surface area (Å²) in [6, 6.07) is 0. The van der Waals surface area contributed by atoms with Crippen molar-refractivity contribution in [2.45, 2.75) is 65.9 Å². The van der Waals surface area contributed by atoms with Crippen LogP contribution in [0.25, 0.3) is 0 Å². The van der Waals surface area contributed by atoms with Gasteiger partial charge in [-0.3, -0.25) is 4.79 Å². The molecule has 0 saturated heterocycles. The highest BCUT2D eigenvalue weighted by Crippen LogP contribution is 2.30. The van der Waals surface area contributed by atoms with Gasteiger partial charge in [0.05, 0.1) is 0 Å². The second-order valence-corrected chi connectivity index (χ2v) is 6.93. The Kier molecular flexibility index (Phi) is 5.90. The van der Waals surface area contributed by atoms with Crippen molar-refractivity contribution in [1.82, 2.24) is 0 Å². The van der Waals surface area contributed by atoms with Crippen LogP contribution in [-0.2, 0) is 9.53 Å². The van der Waals surface area contributed by atoms with Crippen LogP contribution in [0.1, 0.15) is 60.3 Å². The number of ketones is 1. The van der Waals surface area contributed by atoms with Crippen LogP contribution in [0.2, 0.25) is 0 Å². The largest absolute Gasteiger partial charge is 0.442 e. The van der Waals surface area contributed by atoms with Crippen molar-refractivity contribution in [3.63, 3.8) is 0 Å². The molecule has 1 rings (SSSR count). The number of carbonyl (C=O) groups is 2. The summed E-state index contributed by atoms with van der Waals surface area (Å²) in [4.78, 5) is 27.3. The number of aliphatic imine (C=N–C) groups is 1. The number of hydrogen-bond donors (Lipinski definition) is 0. The fourth-order valence-corrected chi connectivity index (χ4v) is 2.48. The highest BCUT2D eigenvalue weighted by atomic mass is 16.6. The highest BCUT2D eigenvalue weighted by Gasteiger charge is 2.27. The van der Waals surface area contributed by atoms with Crippen molar-refractivity contribution < 1.29 is 14.3 Å². The lowest BCUT2D eigenvalue weighted by atomic mass is 9.78. The van der Waals surface area contributed by atoms with Crippen LogP contribution in [0.15, 0.2) is 4.99 Å². The van der Waals surface area contributed by atoms with Crippen molar-refractivity contribution >= 4 is 18.1 Å². The molecule has 0 N–H and O–H groups in total. The van der Waals surface area contributed by atoms with Crippen molar-refractivity contribution in [1.29, 1.82) is 0 Å². The molecule has 20 heavy (non-hydrogen) atoms. The summed E-state index contributed by atoms with van der Waals surface area (Å²) in [6.07, 6.45) is 4.83. The molecule has 114 valence electrons. The minimum absolute atomic E-state index is 0.118. The summed E-state index contributed by atoms with van der Waals surface area (Å²) in [7, 11) is 0. The number of Topliss-reactive ketones (excluding diaryl/α,β-unsaturated/α-hetero) is 1. The lowest BCUT2D eigenvalue weighted by Gasteiger charge is -2.26. The Balaban J connectivity index is 2.39. The lowest BCUT2D eigenvalue weighted by molar-refractivity contribution is -0.126. The first-order chi connectivity index (χ1) is 9.19. The molecule has 4 nitrogen and oxygen atoms in total. The second kappa shape index (κ2) is 7.00. The molecular formula is C16H27NO3. The third-order valence-corrected chi connectivity index (χ3v) is 3.53. The molecule has 0 aliphatic heterocycles. The number of ether oxygens (including phenoxy) is 1. The monoisotopic (exact) mass is 281 g/mol. The zero-order chi connectivity index (χ0) is 15.3. The summed E-state index contributed by atoms with van der Waals surface area (Å²) in [6.45, 7) is 9.38. The topological polar surface area (TPSA) is 55.7 Å². The summed E-state index contributed by atoms with van der Waals surface area (Å²) in [5, 5.41) is 0. The minimum Gasteiger partial charge on any atom is -0.442 e. The highest BCUT2D eigenvalue weighted by molar-refractivity contribution is 5.83. The van der Waals surface area contributed by atoms with Gasteiger partial charge in [-0.25, -0.2) is 4.79 Å². The maximum Gasteiger partial charge on any atom is 0.433 e. The normalized spacial score (nSPS) is 24.1. The van der Waals surface area contributed by atoms with Gasteiger partial charge in [0, 0.05) is 18.1 Å². The van der Waals surface area contributed by atoms with E-state index in [1.54, 1.807) is 6.21 Å². The van der Waals surface area contributed by atoms with E-state index in [4.69, 9.17) is 4.74 Å². The van der Waals surface area contributed by atoms with Crippen LogP contribution >= 0.6 is 0 Å². The summed E-state index contributed by atoms with van der Waals surface area (Å²) in [5.41, 5.74) is -0.504. The molecule has 1 fully saturated rings. The van der Waals surface area contributed by atoms with Crippen LogP contribution in [0.5, 0.6) is 0 Å². The number of hydrogen-bond acceptors (Lipinski definition) is 3. The lowest BCUT2D eigenvalue weighted by Crippen LogP contribution is -2.26. The smallest absolute Gasteiger partial charge is 0.433 e. The molecule has 0 aromatic carbocycles. The van der Waals surface area contributed by atoms with E-state index in [0.29, 0.717) is 11.7 Å². The van der Waals surface area contributed by atoms with E-state index < -0.39 is 11.7 Å². The van der Waals surface area contributed by atoms with E-state index in [-0.39, 0.29) is 11.8 Å². The molecule has 1 aliphatic carbocycles. The molecule has 0 spiro atoms. The van der Waals surface area contributed by atoms with E-state index in [1.165, 1.54) is 0 Å². The van der Waals surface area contributed by atoms with Crippen molar-refractivity contribution in [3.8, 4) is 0 Å². The van der Waals surface area contributed by atoms with Crippen LogP contribution in [0.3, 0.4) is 0 Å². The molecule has 0 bridgehead atoms. The molecule has 0 radical (unpaired) electrons. The molecule has 1 saturated carbocycles. The number of amides is 1. The average molecular weight is 281 g/mol. The van der Waals surface area contributed by atoms with Gasteiger partial charge in [-0.1, -0.05) is 13.8 Å². The molecule has 0 unspecified atom stereocenters. The van der Waals surface area contributed by atoms with Gasteiger partial charge in [-0.05, 0) is 52.4 Å². The molecule has 1 amide bonds. The van der Waals surface area contributed by atoms with E-state index in [9.17, 15) is 9.59 Å². The molecule has 0 heterocycles. The number of rotatable bonds is 3. The Labute approximate surface area is 122 Å². The summed E-state index contributed by atoms with van der Waals surface area (Å²) < 4.78 is 5.13. The second-order valence-electron chi connectivity index (χ2n) is 6.93. The van der Waals surface area contributed by atoms with Gasteiger partial charge in [0.1, 0.15) is 11.4 Å². The van der Waals surface area contributed by atoms with Crippen molar-refractivity contribution in [3.05, 3.63) is 0 Å². The molecule has 1 aliphatic rings. The number of nitrogens with zero attached hydrogens (tertiary/aromatic N) is 1. The van der Waals surface area contributed by atoms with Crippen molar-refractivity contribution in [2.24, 2.45) is 22.7 Å². The van der Waals surface area contributed by atoms with E-state index in [1.807, 2.05) is 34.6 Å². The molecular weight excluding hydrogens is 254 g/mol. The van der Waals surface area contributed by atoms with Crippen LogP contribution in [-0.4, -0.2) is 23.7 Å². The van der Waals surface area contributed by atoms with Gasteiger partial charge >= 0.3 is 6.09 Å². The predicted molar refractivity (Wildman–Crippen MR) is 80.0 cm³/mol. The summed E-state index contributed by atoms with van der Waals surface area (Å²) in [5.74, 6) is 0.972. The fourth-order valence-electron chi connectivity index (χ4n) is 2.48. The Hall–Kier alpha value is -1.19. The predicted octanol–water partition coefficient (Wildman–Crippen LogP) is 4.02. The third kappa shape index (κ3) is 5.85. The van der Waals surface area contributed by atoms with E-state index in [0.717, 1.165) is 25.7 Å². The van der Waals surface area contributed by atoms with Gasteiger partial charge in [-0.15, -0.1) is 0 Å². The molecule has 0 aromatic heterocycles. The Morgan fingerprint density at radius 2 is 1.70 bits per heavy atom. The van der Waals surface area contributed by atoms with Crippen LogP contribution in [0.4, 0.5) is 4.79 Å². The van der Waals surface area contributed by atoms with Gasteiger partial charge < -0.3 is 4.74 Å². The Morgan fingerprint density at radius 1 is 1.15 bits per heavy atom. The first-order valence-corrected chi connectivity index (χ1v) is 7.50. The summed E-state index contributed by atoms with van der Waals surface area (Å²) >= 11 is 0. The Bertz CT molecular complexity index is 372. The quantitative estimate of drug-likeness (QED) is 0.734. The van der Waals surface area contributed by atoms with Crippen LogP contribution < -0.4 is 0 Å². The first-order valence-electron chi connectivity index (χ1n) is 7.50. The maximum atomic E-state index is 11.9. The molecule has 0 atom stereocenters. The first kappa shape index (κ1) is 16.9. The van der Waals surface area contributed by atoms with Gasteiger partial charge in [0.25, 0.3) is 0 Å². The van der Waals surface area contributed by atoms with E-state index >= 15 is 0 Å². The minimum atomic E-state index is -0.530. The SMILES string of the molecule is CC(C)C(=O)C1CCC(C=NC(=O)OC(C)(C)C)CC1. The number of carbonyl (C=O) groups excluding carboxylic acids is 2. The zero-order valence-corrected chi connectivity index (χ0v) is 13.3. The van der Waals surface area contributed by atoms with E-state index in [2.05, 4.69) is 4.99 Å². The van der Waals surface area contributed by atoms with Gasteiger partial charge in [0.15, 0.2) is 0 Å². The fraction of sp³-hybridized carbons (Fsp3) is 0.812. The molecule has 0 aromatic rings. The third-order valence-electron chi connectivity index (χ3n) is 3.53. The Morgan fingerprint density at radius 3 is 2.15 bits per heavy atom. The standard InChI is InChI=1S/C16H27NO3/c1-11(2)14(18)13-8-6-12(7-9-13)10-17-15(19)20-16(3,4)5/h10-13H,6-9H2,1-5H3. The average Bonchev–Trinajstić information content (AvgIpc) is 2.34. The van der Waals surface area contributed by atoms with Crippen molar-refractivity contribution in [2.75, 3.05) is 0 Å². The van der Waals surface area contributed by atoms with Gasteiger partial charge in [0.2, 0.25) is 0 Å². The zero-order valence-electron chi connectivity index (χ0n) is 13.3. The van der Waals surface area contributed by atoms with Gasteiger partial charge in [-0.2, -0.15) is 4.99 Å². The maximum absolute atomic E-state index is 11.9.